The van der Waals surface area contributed by atoms with Gasteiger partial charge in [-0.25, -0.2) is 13.2 Å². The van der Waals surface area contributed by atoms with Crippen molar-refractivity contribution in [1.29, 1.82) is 0 Å². The van der Waals surface area contributed by atoms with E-state index in [9.17, 15) is 22.0 Å². The van der Waals surface area contributed by atoms with E-state index >= 15 is 4.39 Å². The number of rotatable bonds is 4. The number of alkyl halides is 3. The van der Waals surface area contributed by atoms with Crippen LogP contribution in [0.5, 0.6) is 0 Å². The van der Waals surface area contributed by atoms with Gasteiger partial charge in [0.2, 0.25) is 0 Å². The molecule has 35 heavy (non-hydrogen) atoms. The van der Waals surface area contributed by atoms with Crippen LogP contribution in [0, 0.1) is 41.1 Å². The molecule has 0 saturated heterocycles. The highest BCUT2D eigenvalue weighted by molar-refractivity contribution is 5.85. The molecule has 0 aromatic heterocycles. The summed E-state index contributed by atoms with van der Waals surface area (Å²) in [6, 6.07) is 9.77. The standard InChI is InChI=1S/C29H26F6/c1-2-18-3-5-19(6-4-18)7-8-20-10-14-24-23(15-20)13-12-22(28(24)32)11-9-21-16-25(30)27(26(31)17-21)29(33,34)35/h10,12-19H,2-8H2,1H3. The average Bonchev–Trinajstić information content (AvgIpc) is 2.81. The molecule has 0 atom stereocenters. The van der Waals surface area contributed by atoms with Crippen LogP contribution in [-0.2, 0) is 12.6 Å². The van der Waals surface area contributed by atoms with Crippen LogP contribution < -0.4 is 0 Å². The van der Waals surface area contributed by atoms with E-state index in [4.69, 9.17) is 0 Å². The molecule has 0 spiro atoms. The van der Waals surface area contributed by atoms with Gasteiger partial charge in [-0.2, -0.15) is 13.2 Å². The van der Waals surface area contributed by atoms with E-state index in [1.807, 2.05) is 12.1 Å². The lowest BCUT2D eigenvalue weighted by Crippen LogP contribution is -2.14. The molecule has 1 aliphatic carbocycles. The van der Waals surface area contributed by atoms with Gasteiger partial charge in [-0.05, 0) is 53.8 Å². The van der Waals surface area contributed by atoms with Gasteiger partial charge in [0.05, 0.1) is 5.56 Å². The molecule has 0 radical (unpaired) electrons. The van der Waals surface area contributed by atoms with E-state index in [1.165, 1.54) is 38.2 Å². The number of fused-ring (bicyclic) bond motifs is 1. The predicted molar refractivity (Wildman–Crippen MR) is 125 cm³/mol. The molecular weight excluding hydrogens is 462 g/mol. The third-order valence-corrected chi connectivity index (χ3v) is 7.07. The van der Waals surface area contributed by atoms with Crippen molar-refractivity contribution in [2.24, 2.45) is 11.8 Å². The van der Waals surface area contributed by atoms with Gasteiger partial charge in [-0.3, -0.25) is 0 Å². The first-order valence-electron chi connectivity index (χ1n) is 11.9. The van der Waals surface area contributed by atoms with Crippen molar-refractivity contribution in [2.75, 3.05) is 0 Å². The third-order valence-electron chi connectivity index (χ3n) is 7.07. The SMILES string of the molecule is CCC1CCC(CCc2ccc3c(F)c(C#Cc4cc(F)c(C(F)(F)F)c(F)c4)ccc3c2)CC1. The van der Waals surface area contributed by atoms with Crippen molar-refractivity contribution in [1.82, 2.24) is 0 Å². The molecule has 184 valence electrons. The van der Waals surface area contributed by atoms with Crippen LogP contribution in [0.2, 0.25) is 0 Å². The summed E-state index contributed by atoms with van der Waals surface area (Å²) in [5.41, 5.74) is -1.14. The Morgan fingerprint density at radius 1 is 0.829 bits per heavy atom. The van der Waals surface area contributed by atoms with Gasteiger partial charge in [-0.15, -0.1) is 0 Å². The van der Waals surface area contributed by atoms with Gasteiger partial charge in [0.25, 0.3) is 0 Å². The summed E-state index contributed by atoms with van der Waals surface area (Å²) in [5, 5.41) is 1.10. The molecule has 3 aromatic rings. The highest BCUT2D eigenvalue weighted by Gasteiger charge is 2.37. The molecule has 1 aliphatic rings. The quantitative estimate of drug-likeness (QED) is 0.254. The Balaban J connectivity index is 1.50. The zero-order chi connectivity index (χ0) is 25.2. The second kappa shape index (κ2) is 10.4. The Morgan fingerprint density at radius 2 is 1.49 bits per heavy atom. The van der Waals surface area contributed by atoms with E-state index in [1.54, 1.807) is 12.1 Å². The van der Waals surface area contributed by atoms with Gasteiger partial charge in [0, 0.05) is 10.9 Å². The molecule has 0 bridgehead atoms. The third kappa shape index (κ3) is 5.83. The maximum atomic E-state index is 15.0. The summed E-state index contributed by atoms with van der Waals surface area (Å²) in [5.74, 6) is 2.36. The summed E-state index contributed by atoms with van der Waals surface area (Å²) >= 11 is 0. The fraction of sp³-hybridized carbons (Fsp3) is 0.379. The van der Waals surface area contributed by atoms with Crippen LogP contribution in [0.1, 0.15) is 67.7 Å². The molecular formula is C29H26F6. The molecule has 3 aromatic carbocycles. The van der Waals surface area contributed by atoms with Gasteiger partial charge < -0.3 is 0 Å². The van der Waals surface area contributed by atoms with E-state index in [2.05, 4.69) is 18.8 Å². The first-order chi connectivity index (χ1) is 16.7. The molecule has 1 saturated carbocycles. The number of halogens is 6. The van der Waals surface area contributed by atoms with Crippen molar-refractivity contribution in [3.8, 4) is 11.8 Å². The van der Waals surface area contributed by atoms with Crippen LogP contribution in [0.3, 0.4) is 0 Å². The van der Waals surface area contributed by atoms with Crippen LogP contribution in [0.4, 0.5) is 26.3 Å². The van der Waals surface area contributed by atoms with E-state index in [0.29, 0.717) is 17.5 Å². The molecule has 1 fully saturated rings. The maximum absolute atomic E-state index is 15.0. The molecule has 0 amide bonds. The number of benzene rings is 3. The lowest BCUT2D eigenvalue weighted by molar-refractivity contribution is -0.142. The Hall–Kier alpha value is -2.94. The van der Waals surface area contributed by atoms with Crippen molar-refractivity contribution < 1.29 is 26.3 Å². The largest absolute Gasteiger partial charge is 0.422 e. The molecule has 0 nitrogen and oxygen atoms in total. The van der Waals surface area contributed by atoms with E-state index < -0.39 is 29.2 Å². The zero-order valence-corrected chi connectivity index (χ0v) is 19.4. The van der Waals surface area contributed by atoms with Gasteiger partial charge in [-0.1, -0.05) is 75.1 Å². The summed E-state index contributed by atoms with van der Waals surface area (Å²) in [6.45, 7) is 2.25. The lowest BCUT2D eigenvalue weighted by Gasteiger charge is -2.27. The van der Waals surface area contributed by atoms with Crippen molar-refractivity contribution >= 4 is 10.8 Å². The summed E-state index contributed by atoms with van der Waals surface area (Å²) in [7, 11) is 0. The smallest absolute Gasteiger partial charge is 0.206 e. The normalized spacial score (nSPS) is 18.4. The molecule has 4 rings (SSSR count). The highest BCUT2D eigenvalue weighted by Crippen LogP contribution is 2.35. The van der Waals surface area contributed by atoms with Gasteiger partial charge in [0.1, 0.15) is 23.0 Å². The predicted octanol–water partition coefficient (Wildman–Crippen LogP) is 8.82. The van der Waals surface area contributed by atoms with E-state index in [-0.39, 0.29) is 11.1 Å². The van der Waals surface area contributed by atoms with Crippen molar-refractivity contribution in [2.45, 2.75) is 58.0 Å². The summed E-state index contributed by atoms with van der Waals surface area (Å²) in [4.78, 5) is 0. The first kappa shape index (κ1) is 25.2. The summed E-state index contributed by atoms with van der Waals surface area (Å²) in [6.07, 6.45) is 3.32. The molecule has 0 unspecified atom stereocenters. The number of aryl methyl sites for hydroxylation is 1. The Kier molecular flexibility index (Phi) is 7.44. The topological polar surface area (TPSA) is 0 Å². The van der Waals surface area contributed by atoms with Crippen LogP contribution in [-0.4, -0.2) is 0 Å². The lowest BCUT2D eigenvalue weighted by atomic mass is 9.78. The maximum Gasteiger partial charge on any atom is 0.422 e. The molecule has 0 N–H and O–H groups in total. The molecule has 0 aliphatic heterocycles. The van der Waals surface area contributed by atoms with Crippen molar-refractivity contribution in [3.05, 3.63) is 82.2 Å². The fourth-order valence-corrected chi connectivity index (χ4v) is 4.95. The molecule has 0 heterocycles. The highest BCUT2D eigenvalue weighted by atomic mass is 19.4. The minimum Gasteiger partial charge on any atom is -0.206 e. The number of hydrogen-bond donors (Lipinski definition) is 0. The monoisotopic (exact) mass is 488 g/mol. The first-order valence-corrected chi connectivity index (χ1v) is 11.9. The van der Waals surface area contributed by atoms with Crippen LogP contribution in [0.25, 0.3) is 10.8 Å². The molecule has 6 heteroatoms. The van der Waals surface area contributed by atoms with Crippen LogP contribution in [0.15, 0.2) is 42.5 Å². The Labute approximate surface area is 201 Å². The Morgan fingerprint density at radius 3 is 2.11 bits per heavy atom. The van der Waals surface area contributed by atoms with E-state index in [0.717, 1.165) is 35.6 Å². The fourth-order valence-electron chi connectivity index (χ4n) is 4.95. The van der Waals surface area contributed by atoms with Crippen LogP contribution >= 0.6 is 0 Å². The van der Waals surface area contributed by atoms with Crippen molar-refractivity contribution in [3.63, 3.8) is 0 Å². The minimum absolute atomic E-state index is 0.00125. The number of hydrogen-bond acceptors (Lipinski definition) is 0. The van der Waals surface area contributed by atoms with Gasteiger partial charge >= 0.3 is 6.18 Å². The second-order valence-corrected chi connectivity index (χ2v) is 9.38. The average molecular weight is 489 g/mol. The summed E-state index contributed by atoms with van der Waals surface area (Å²) < 4.78 is 80.8. The zero-order valence-electron chi connectivity index (χ0n) is 19.4. The minimum atomic E-state index is -5.15. The van der Waals surface area contributed by atoms with Gasteiger partial charge in [0.15, 0.2) is 0 Å². The Bertz CT molecular complexity index is 1250. The second-order valence-electron chi connectivity index (χ2n) is 9.38.